The number of fused-ring (bicyclic) bond motifs is 1. The summed E-state index contributed by atoms with van der Waals surface area (Å²) in [7, 11) is 2.00. The molecule has 0 amide bonds. The highest BCUT2D eigenvalue weighted by molar-refractivity contribution is 9.10. The van der Waals surface area contributed by atoms with Crippen molar-refractivity contribution in [3.63, 3.8) is 0 Å². The SMILES string of the molecule is Cn1ccc2ccc(Nc3ncc(Br)c(Nc4ccccc4CNS(=O)[O-])n3)cc21. The Balaban J connectivity index is 1.58. The van der Waals surface area contributed by atoms with E-state index in [1.165, 1.54) is 0 Å². The third kappa shape index (κ3) is 4.68. The summed E-state index contributed by atoms with van der Waals surface area (Å²) < 4.78 is 26.8. The first-order valence-electron chi connectivity index (χ1n) is 9.02. The molecule has 8 nitrogen and oxygen atoms in total. The quantitative estimate of drug-likeness (QED) is 0.340. The molecule has 2 heterocycles. The first-order chi connectivity index (χ1) is 14.5. The molecule has 0 saturated carbocycles. The molecular weight excluding hydrogens is 468 g/mol. The van der Waals surface area contributed by atoms with Crippen LogP contribution in [0.5, 0.6) is 0 Å². The zero-order valence-electron chi connectivity index (χ0n) is 15.9. The van der Waals surface area contributed by atoms with Gasteiger partial charge in [-0.25, -0.2) is 9.71 Å². The average Bonchev–Trinajstić information content (AvgIpc) is 3.10. The molecule has 154 valence electrons. The molecule has 3 N–H and O–H groups in total. The predicted octanol–water partition coefficient (Wildman–Crippen LogP) is 4.10. The number of nitrogens with one attached hydrogen (secondary N) is 3. The number of aryl methyl sites for hydroxylation is 1. The van der Waals surface area contributed by atoms with Gasteiger partial charge in [-0.2, -0.15) is 4.98 Å². The summed E-state index contributed by atoms with van der Waals surface area (Å²) in [6.45, 7) is 0.170. The number of aromatic nitrogens is 3. The van der Waals surface area contributed by atoms with E-state index in [-0.39, 0.29) is 6.54 Å². The number of anilines is 4. The van der Waals surface area contributed by atoms with Gasteiger partial charge in [0.1, 0.15) is 5.82 Å². The average molecular weight is 486 g/mol. The molecule has 10 heteroatoms. The van der Waals surface area contributed by atoms with E-state index in [1.807, 2.05) is 55.7 Å². The van der Waals surface area contributed by atoms with Crippen LogP contribution in [-0.4, -0.2) is 23.3 Å². The van der Waals surface area contributed by atoms with Crippen LogP contribution in [0.2, 0.25) is 0 Å². The van der Waals surface area contributed by atoms with Crippen LogP contribution in [-0.2, 0) is 24.9 Å². The van der Waals surface area contributed by atoms with Crippen molar-refractivity contribution in [2.45, 2.75) is 6.54 Å². The van der Waals surface area contributed by atoms with Gasteiger partial charge in [-0.3, -0.25) is 4.21 Å². The van der Waals surface area contributed by atoms with E-state index in [2.05, 4.69) is 51.9 Å². The van der Waals surface area contributed by atoms with Crippen LogP contribution in [0.15, 0.2) is 65.4 Å². The van der Waals surface area contributed by atoms with Crippen molar-refractivity contribution in [2.75, 3.05) is 10.6 Å². The molecule has 0 aliphatic carbocycles. The molecule has 4 rings (SSSR count). The standard InChI is InChI=1S/C20H19BrN6O2S/c1-27-9-8-13-6-7-15(10-18(13)27)24-20-22-12-16(21)19(26-20)25-17-5-3-2-4-14(17)11-23-30(28)29/h2-10,12,23H,11H2,1H3,(H,28,29)(H2,22,24,25,26)/p-1. The molecule has 4 aromatic rings. The van der Waals surface area contributed by atoms with Crippen LogP contribution in [0.4, 0.5) is 23.1 Å². The zero-order valence-corrected chi connectivity index (χ0v) is 18.3. The lowest BCUT2D eigenvalue weighted by molar-refractivity contribution is 0.522. The fraction of sp³-hybridized carbons (Fsp3) is 0.100. The number of nitrogens with zero attached hydrogens (tertiary/aromatic N) is 3. The van der Waals surface area contributed by atoms with Crippen LogP contribution in [0.25, 0.3) is 10.9 Å². The van der Waals surface area contributed by atoms with Gasteiger partial charge in [0.25, 0.3) is 0 Å². The van der Waals surface area contributed by atoms with Gasteiger partial charge in [-0.05, 0) is 51.1 Å². The van der Waals surface area contributed by atoms with E-state index in [4.69, 9.17) is 0 Å². The third-order valence-electron chi connectivity index (χ3n) is 4.54. The Bertz CT molecular complexity index is 1230. The summed E-state index contributed by atoms with van der Waals surface area (Å²) in [5.74, 6) is 0.994. The lowest BCUT2D eigenvalue weighted by atomic mass is 10.2. The minimum Gasteiger partial charge on any atom is -0.760 e. The van der Waals surface area contributed by atoms with E-state index in [0.29, 0.717) is 16.2 Å². The number of benzene rings is 2. The van der Waals surface area contributed by atoms with Crippen molar-refractivity contribution in [3.8, 4) is 0 Å². The van der Waals surface area contributed by atoms with Gasteiger partial charge in [0.05, 0.1) is 4.47 Å². The van der Waals surface area contributed by atoms with E-state index in [1.54, 1.807) is 6.20 Å². The Kier molecular flexibility index (Phi) is 6.09. The van der Waals surface area contributed by atoms with Gasteiger partial charge in [0.2, 0.25) is 5.95 Å². The highest BCUT2D eigenvalue weighted by Gasteiger charge is 2.09. The highest BCUT2D eigenvalue weighted by Crippen LogP contribution is 2.28. The van der Waals surface area contributed by atoms with Crippen LogP contribution < -0.4 is 15.4 Å². The highest BCUT2D eigenvalue weighted by atomic mass is 79.9. The lowest BCUT2D eigenvalue weighted by Gasteiger charge is -2.15. The summed E-state index contributed by atoms with van der Waals surface area (Å²) in [4.78, 5) is 8.90. The molecule has 0 aliphatic rings. The van der Waals surface area contributed by atoms with Crippen molar-refractivity contribution >= 4 is 61.2 Å². The Morgan fingerprint density at radius 2 is 2.00 bits per heavy atom. The minimum absolute atomic E-state index is 0.170. The number of halogens is 1. The predicted molar refractivity (Wildman–Crippen MR) is 121 cm³/mol. The van der Waals surface area contributed by atoms with E-state index < -0.39 is 11.3 Å². The van der Waals surface area contributed by atoms with Gasteiger partial charge in [-0.1, -0.05) is 24.3 Å². The maximum absolute atomic E-state index is 10.8. The van der Waals surface area contributed by atoms with Crippen molar-refractivity contribution < 1.29 is 8.76 Å². The van der Waals surface area contributed by atoms with Crippen LogP contribution in [0, 0.1) is 0 Å². The van der Waals surface area contributed by atoms with Crippen LogP contribution in [0.1, 0.15) is 5.56 Å². The van der Waals surface area contributed by atoms with Gasteiger partial charge >= 0.3 is 0 Å². The molecule has 1 atom stereocenters. The molecule has 0 spiro atoms. The second-order valence-electron chi connectivity index (χ2n) is 6.55. The summed E-state index contributed by atoms with van der Waals surface area (Å²) in [5.41, 5.74) is 3.51. The zero-order chi connectivity index (χ0) is 21.1. The van der Waals surface area contributed by atoms with Crippen molar-refractivity contribution in [1.29, 1.82) is 0 Å². The maximum atomic E-state index is 10.8. The molecule has 1 unspecified atom stereocenters. The Hall–Kier alpha value is -2.79. The topological polar surface area (TPSA) is 107 Å². The van der Waals surface area contributed by atoms with Gasteiger partial charge in [-0.15, -0.1) is 0 Å². The van der Waals surface area contributed by atoms with Gasteiger partial charge < -0.3 is 19.8 Å². The number of rotatable bonds is 7. The normalized spacial score (nSPS) is 12.1. The molecule has 0 saturated heterocycles. The smallest absolute Gasteiger partial charge is 0.229 e. The molecule has 0 radical (unpaired) electrons. The molecule has 30 heavy (non-hydrogen) atoms. The second kappa shape index (κ2) is 8.92. The van der Waals surface area contributed by atoms with Gasteiger partial charge in [0, 0.05) is 54.1 Å². The van der Waals surface area contributed by atoms with E-state index >= 15 is 0 Å². The monoisotopic (exact) mass is 485 g/mol. The van der Waals surface area contributed by atoms with E-state index in [9.17, 15) is 8.76 Å². The first-order valence-corrected chi connectivity index (χ1v) is 10.9. The van der Waals surface area contributed by atoms with E-state index in [0.717, 1.165) is 27.8 Å². The lowest BCUT2D eigenvalue weighted by Crippen LogP contribution is -2.16. The summed E-state index contributed by atoms with van der Waals surface area (Å²) in [5, 5.41) is 7.63. The van der Waals surface area contributed by atoms with Gasteiger partial charge in [0.15, 0.2) is 0 Å². The first kappa shape index (κ1) is 20.5. The Morgan fingerprint density at radius 1 is 1.17 bits per heavy atom. The van der Waals surface area contributed by atoms with Crippen LogP contribution in [0.3, 0.4) is 0 Å². The Labute approximate surface area is 184 Å². The molecule has 0 bridgehead atoms. The molecule has 2 aromatic heterocycles. The molecular formula is C20H18BrN6O2S-. The second-order valence-corrected chi connectivity index (χ2v) is 8.17. The fourth-order valence-electron chi connectivity index (χ4n) is 3.04. The summed E-state index contributed by atoms with van der Waals surface area (Å²) >= 11 is 1.13. The van der Waals surface area contributed by atoms with Crippen molar-refractivity contribution in [1.82, 2.24) is 19.3 Å². The Morgan fingerprint density at radius 3 is 2.83 bits per heavy atom. The van der Waals surface area contributed by atoms with Crippen molar-refractivity contribution in [2.24, 2.45) is 7.05 Å². The molecule has 0 aliphatic heterocycles. The number of hydrogen-bond acceptors (Lipinski definition) is 6. The molecule has 2 aromatic carbocycles. The number of hydrogen-bond donors (Lipinski definition) is 3. The molecule has 0 fully saturated rings. The minimum atomic E-state index is -2.33. The summed E-state index contributed by atoms with van der Waals surface area (Å²) in [6.07, 6.45) is 3.67. The summed E-state index contributed by atoms with van der Waals surface area (Å²) in [6, 6.07) is 15.5. The fourth-order valence-corrected chi connectivity index (χ4v) is 3.61. The van der Waals surface area contributed by atoms with Crippen LogP contribution >= 0.6 is 15.9 Å². The number of para-hydroxylation sites is 1. The van der Waals surface area contributed by atoms with Crippen molar-refractivity contribution in [3.05, 3.63) is 71.0 Å². The third-order valence-corrected chi connectivity index (χ3v) is 5.50. The largest absolute Gasteiger partial charge is 0.760 e. The maximum Gasteiger partial charge on any atom is 0.229 e.